The van der Waals surface area contributed by atoms with Crippen LogP contribution in [-0.4, -0.2) is 23.3 Å². The lowest BCUT2D eigenvalue weighted by Crippen LogP contribution is -2.32. The van der Waals surface area contributed by atoms with Gasteiger partial charge in [0.05, 0.1) is 6.04 Å². The molecule has 4 nitrogen and oxygen atoms in total. The van der Waals surface area contributed by atoms with Gasteiger partial charge < -0.3 is 10.2 Å². The summed E-state index contributed by atoms with van der Waals surface area (Å²) >= 11 is 5.98. The Morgan fingerprint density at radius 2 is 1.93 bits per heavy atom. The van der Waals surface area contributed by atoms with E-state index in [4.69, 9.17) is 11.6 Å². The lowest BCUT2D eigenvalue weighted by molar-refractivity contribution is -0.128. The van der Waals surface area contributed by atoms with Crippen LogP contribution in [0.25, 0.3) is 0 Å². The molecule has 1 heterocycles. The Bertz CT molecular complexity index is 817. The Labute approximate surface area is 165 Å². The largest absolute Gasteiger partial charge is 0.345 e. The van der Waals surface area contributed by atoms with Gasteiger partial charge in [-0.25, -0.2) is 0 Å². The first-order valence-corrected chi connectivity index (χ1v) is 9.75. The molecule has 0 saturated carbocycles. The van der Waals surface area contributed by atoms with Crippen molar-refractivity contribution in [3.05, 3.63) is 70.2 Å². The van der Waals surface area contributed by atoms with E-state index in [-0.39, 0.29) is 23.8 Å². The molecule has 1 fully saturated rings. The second kappa shape index (κ2) is 8.57. The van der Waals surface area contributed by atoms with Crippen molar-refractivity contribution in [2.24, 2.45) is 5.92 Å². The molecule has 5 heteroatoms. The molecule has 0 aliphatic carbocycles. The zero-order valence-electron chi connectivity index (χ0n) is 15.7. The fraction of sp³-hybridized carbons (Fsp3) is 0.364. The van der Waals surface area contributed by atoms with Crippen LogP contribution >= 0.6 is 11.6 Å². The third kappa shape index (κ3) is 4.89. The summed E-state index contributed by atoms with van der Waals surface area (Å²) in [6.07, 6.45) is 1.54. The van der Waals surface area contributed by atoms with Crippen LogP contribution in [0.5, 0.6) is 0 Å². The number of likely N-dealkylation sites (tertiary alicyclic amines) is 1. The highest BCUT2D eigenvalue weighted by atomic mass is 35.5. The minimum absolute atomic E-state index is 0.0985. The van der Waals surface area contributed by atoms with Crippen LogP contribution in [0.15, 0.2) is 48.5 Å². The van der Waals surface area contributed by atoms with E-state index in [0.717, 1.165) is 24.1 Å². The molecule has 0 bridgehead atoms. The van der Waals surface area contributed by atoms with Crippen LogP contribution in [-0.2, 0) is 11.3 Å². The fourth-order valence-corrected chi connectivity index (χ4v) is 3.56. The van der Waals surface area contributed by atoms with Crippen LogP contribution in [0, 0.1) is 5.92 Å². The number of hydrogen-bond acceptors (Lipinski definition) is 2. The third-order valence-electron chi connectivity index (χ3n) is 4.92. The molecule has 142 valence electrons. The van der Waals surface area contributed by atoms with Gasteiger partial charge in [-0.1, -0.05) is 49.7 Å². The first-order chi connectivity index (χ1) is 12.9. The number of carbonyl (C=O) groups excluding carboxylic acids is 2. The number of nitrogens with zero attached hydrogens (tertiary/aromatic N) is 1. The van der Waals surface area contributed by atoms with Crippen LogP contribution in [0.3, 0.4) is 0 Å². The maximum absolute atomic E-state index is 12.8. The molecule has 1 N–H and O–H groups in total. The molecule has 2 aromatic carbocycles. The highest BCUT2D eigenvalue weighted by Gasteiger charge is 2.22. The van der Waals surface area contributed by atoms with Crippen LogP contribution in [0.2, 0.25) is 5.02 Å². The molecule has 0 spiro atoms. The molecule has 0 radical (unpaired) electrons. The number of hydrogen-bond donors (Lipinski definition) is 1. The summed E-state index contributed by atoms with van der Waals surface area (Å²) in [5.74, 6) is 0.311. The van der Waals surface area contributed by atoms with E-state index in [1.54, 1.807) is 0 Å². The predicted molar refractivity (Wildman–Crippen MR) is 108 cm³/mol. The van der Waals surface area contributed by atoms with Gasteiger partial charge in [0, 0.05) is 30.1 Å². The number of carbonyl (C=O) groups is 2. The normalized spacial score (nSPS) is 15.3. The Kier molecular flexibility index (Phi) is 6.17. The lowest BCUT2D eigenvalue weighted by atomic mass is 9.95. The second-order valence-corrected chi connectivity index (χ2v) is 7.80. The van der Waals surface area contributed by atoms with E-state index >= 15 is 0 Å². The van der Waals surface area contributed by atoms with Gasteiger partial charge in [-0.15, -0.1) is 0 Å². The summed E-state index contributed by atoms with van der Waals surface area (Å²) in [6, 6.07) is 15.0. The quantitative estimate of drug-likeness (QED) is 0.791. The highest BCUT2D eigenvalue weighted by molar-refractivity contribution is 6.30. The first kappa shape index (κ1) is 19.4. The van der Waals surface area contributed by atoms with Gasteiger partial charge in [0.15, 0.2) is 0 Å². The molecule has 2 amide bonds. The minimum Gasteiger partial charge on any atom is -0.345 e. The van der Waals surface area contributed by atoms with Crippen LogP contribution in [0.4, 0.5) is 0 Å². The Balaban J connectivity index is 1.73. The molecule has 1 aliphatic heterocycles. The minimum atomic E-state index is -0.113. The predicted octanol–water partition coefficient (Wildman–Crippen LogP) is 4.59. The van der Waals surface area contributed by atoms with Crippen molar-refractivity contribution >= 4 is 23.4 Å². The second-order valence-electron chi connectivity index (χ2n) is 7.37. The summed E-state index contributed by atoms with van der Waals surface area (Å²) in [4.78, 5) is 26.5. The summed E-state index contributed by atoms with van der Waals surface area (Å²) in [6.45, 7) is 5.51. The number of rotatable bonds is 6. The zero-order chi connectivity index (χ0) is 19.4. The first-order valence-electron chi connectivity index (χ1n) is 9.37. The van der Waals surface area contributed by atoms with E-state index in [0.29, 0.717) is 23.6 Å². The topological polar surface area (TPSA) is 49.4 Å². The summed E-state index contributed by atoms with van der Waals surface area (Å²) in [5.41, 5.74) is 2.62. The SMILES string of the molecule is CC(C)C(NC(=O)c1cccc(CN2CCCC2=O)c1)c1ccc(Cl)cc1. The van der Waals surface area contributed by atoms with E-state index in [9.17, 15) is 9.59 Å². The average molecular weight is 385 g/mol. The Hall–Kier alpha value is -2.33. The summed E-state index contributed by atoms with van der Waals surface area (Å²) in [5, 5.41) is 3.81. The highest BCUT2D eigenvalue weighted by Crippen LogP contribution is 2.24. The number of nitrogens with one attached hydrogen (secondary N) is 1. The van der Waals surface area contributed by atoms with Gasteiger partial charge in [-0.05, 0) is 47.7 Å². The van der Waals surface area contributed by atoms with Crippen LogP contribution < -0.4 is 5.32 Å². The van der Waals surface area contributed by atoms with Crippen molar-refractivity contribution < 1.29 is 9.59 Å². The van der Waals surface area contributed by atoms with Crippen LogP contribution in [0.1, 0.15) is 54.2 Å². The van der Waals surface area contributed by atoms with E-state index in [1.165, 1.54) is 0 Å². The van der Waals surface area contributed by atoms with Crippen molar-refractivity contribution in [3.8, 4) is 0 Å². The summed E-state index contributed by atoms with van der Waals surface area (Å²) in [7, 11) is 0. The van der Waals surface area contributed by atoms with Gasteiger partial charge >= 0.3 is 0 Å². The molecule has 1 atom stereocenters. The molecular weight excluding hydrogens is 360 g/mol. The smallest absolute Gasteiger partial charge is 0.251 e. The van der Waals surface area contributed by atoms with Gasteiger partial charge in [0.2, 0.25) is 5.91 Å². The molecule has 0 aromatic heterocycles. The van der Waals surface area contributed by atoms with Gasteiger partial charge in [0.25, 0.3) is 5.91 Å². The van der Waals surface area contributed by atoms with Crippen molar-refractivity contribution in [3.63, 3.8) is 0 Å². The standard InChI is InChI=1S/C22H25ClN2O2/c1-15(2)21(17-8-10-19(23)11-9-17)24-22(27)18-6-3-5-16(13-18)14-25-12-4-7-20(25)26/h3,5-6,8-11,13,15,21H,4,7,12,14H2,1-2H3,(H,24,27). The van der Waals surface area contributed by atoms with Crippen molar-refractivity contribution in [1.29, 1.82) is 0 Å². The third-order valence-corrected chi connectivity index (χ3v) is 5.17. The number of amides is 2. The maximum atomic E-state index is 12.8. The lowest BCUT2D eigenvalue weighted by Gasteiger charge is -2.23. The molecular formula is C22H25ClN2O2. The van der Waals surface area contributed by atoms with Gasteiger partial charge in [-0.2, -0.15) is 0 Å². The fourth-order valence-electron chi connectivity index (χ4n) is 3.43. The molecule has 1 saturated heterocycles. The van der Waals surface area contributed by atoms with Crippen molar-refractivity contribution in [1.82, 2.24) is 10.2 Å². The van der Waals surface area contributed by atoms with Gasteiger partial charge in [-0.3, -0.25) is 9.59 Å². The van der Waals surface area contributed by atoms with E-state index in [2.05, 4.69) is 19.2 Å². The molecule has 1 unspecified atom stereocenters. The van der Waals surface area contributed by atoms with Crippen molar-refractivity contribution in [2.45, 2.75) is 39.3 Å². The van der Waals surface area contributed by atoms with E-state index < -0.39 is 0 Å². The Morgan fingerprint density at radius 1 is 1.19 bits per heavy atom. The van der Waals surface area contributed by atoms with Gasteiger partial charge in [0.1, 0.15) is 0 Å². The zero-order valence-corrected chi connectivity index (χ0v) is 16.5. The van der Waals surface area contributed by atoms with Crippen molar-refractivity contribution in [2.75, 3.05) is 6.54 Å². The Morgan fingerprint density at radius 3 is 2.56 bits per heavy atom. The number of halogens is 1. The summed E-state index contributed by atoms with van der Waals surface area (Å²) < 4.78 is 0. The maximum Gasteiger partial charge on any atom is 0.251 e. The van der Waals surface area contributed by atoms with E-state index in [1.807, 2.05) is 53.4 Å². The number of benzene rings is 2. The molecule has 2 aromatic rings. The average Bonchev–Trinajstić information content (AvgIpc) is 3.05. The molecule has 1 aliphatic rings. The molecule has 3 rings (SSSR count). The molecule has 27 heavy (non-hydrogen) atoms. The monoisotopic (exact) mass is 384 g/mol.